The number of thiophene rings is 1. The predicted octanol–water partition coefficient (Wildman–Crippen LogP) is 2.21. The number of hydrogen-bond acceptors (Lipinski definition) is 5. The average Bonchev–Trinajstić information content (AvgIpc) is 2.86. The van der Waals surface area contributed by atoms with Crippen LogP contribution in [0.1, 0.15) is 44.6 Å². The van der Waals surface area contributed by atoms with Gasteiger partial charge in [0.1, 0.15) is 11.4 Å². The van der Waals surface area contributed by atoms with Crippen molar-refractivity contribution in [3.05, 3.63) is 27.1 Å². The second kappa shape index (κ2) is 6.83. The number of carbonyl (C=O) groups excluding carboxylic acids is 2. The summed E-state index contributed by atoms with van der Waals surface area (Å²) < 4.78 is 1.27. The van der Waals surface area contributed by atoms with Gasteiger partial charge in [-0.15, -0.1) is 11.3 Å². The maximum absolute atomic E-state index is 12.8. The van der Waals surface area contributed by atoms with Crippen molar-refractivity contribution >= 4 is 33.5 Å². The van der Waals surface area contributed by atoms with Gasteiger partial charge >= 0.3 is 6.03 Å². The van der Waals surface area contributed by atoms with Crippen molar-refractivity contribution < 1.29 is 9.59 Å². The molecule has 0 saturated heterocycles. The lowest BCUT2D eigenvalue weighted by Crippen LogP contribution is -2.49. The monoisotopic (exact) mass is 376 g/mol. The van der Waals surface area contributed by atoms with Crippen molar-refractivity contribution in [2.24, 2.45) is 5.92 Å². The van der Waals surface area contributed by atoms with Gasteiger partial charge in [-0.2, -0.15) is 0 Å². The molecule has 0 aromatic carbocycles. The molecule has 1 atom stereocenters. The van der Waals surface area contributed by atoms with Crippen LogP contribution in [0.3, 0.4) is 0 Å². The molecule has 26 heavy (non-hydrogen) atoms. The zero-order valence-corrected chi connectivity index (χ0v) is 16.3. The fourth-order valence-corrected chi connectivity index (χ4v) is 4.51. The molecule has 0 bridgehead atoms. The molecule has 2 heterocycles. The topological polar surface area (TPSA) is 93.1 Å². The minimum absolute atomic E-state index is 0.214. The lowest BCUT2D eigenvalue weighted by atomic mass is 9.89. The third kappa shape index (κ3) is 3.95. The molecule has 140 valence electrons. The molecule has 2 N–H and O–H groups in total. The maximum Gasteiger partial charge on any atom is 0.321 e. The van der Waals surface area contributed by atoms with E-state index >= 15 is 0 Å². The Morgan fingerprint density at radius 2 is 2.12 bits per heavy atom. The Labute approximate surface area is 155 Å². The summed E-state index contributed by atoms with van der Waals surface area (Å²) in [4.78, 5) is 43.1. The van der Waals surface area contributed by atoms with Crippen LogP contribution in [0.15, 0.2) is 11.1 Å². The molecule has 0 unspecified atom stereocenters. The maximum atomic E-state index is 12.8. The predicted molar refractivity (Wildman–Crippen MR) is 101 cm³/mol. The molecule has 2 aromatic rings. The summed E-state index contributed by atoms with van der Waals surface area (Å²) in [7, 11) is 0. The number of nitrogens with one attached hydrogen (secondary N) is 2. The van der Waals surface area contributed by atoms with Crippen LogP contribution >= 0.6 is 11.3 Å². The number of aryl methyl sites for hydroxylation is 1. The summed E-state index contributed by atoms with van der Waals surface area (Å²) in [6.45, 7) is 7.44. The quantitative estimate of drug-likeness (QED) is 0.840. The van der Waals surface area contributed by atoms with Gasteiger partial charge in [0.25, 0.3) is 5.56 Å². The van der Waals surface area contributed by atoms with Crippen LogP contribution in [-0.2, 0) is 24.2 Å². The number of carbonyl (C=O) groups is 2. The van der Waals surface area contributed by atoms with E-state index in [1.807, 2.05) is 20.8 Å². The average molecular weight is 376 g/mol. The van der Waals surface area contributed by atoms with Gasteiger partial charge < -0.3 is 5.32 Å². The van der Waals surface area contributed by atoms with E-state index < -0.39 is 17.5 Å². The van der Waals surface area contributed by atoms with Gasteiger partial charge in [0.15, 0.2) is 0 Å². The minimum atomic E-state index is -0.577. The lowest BCUT2D eigenvalue weighted by molar-refractivity contribution is -0.120. The normalized spacial score (nSPS) is 17.0. The van der Waals surface area contributed by atoms with Crippen molar-refractivity contribution in [1.29, 1.82) is 0 Å². The largest absolute Gasteiger partial charge is 0.333 e. The highest BCUT2D eigenvalue weighted by Gasteiger charge is 2.23. The van der Waals surface area contributed by atoms with E-state index in [0.29, 0.717) is 11.3 Å². The molecule has 0 fully saturated rings. The van der Waals surface area contributed by atoms with Crippen molar-refractivity contribution in [1.82, 2.24) is 20.2 Å². The fourth-order valence-electron chi connectivity index (χ4n) is 3.17. The summed E-state index contributed by atoms with van der Waals surface area (Å²) in [6.07, 6.45) is 4.29. The van der Waals surface area contributed by atoms with Crippen LogP contribution in [0.2, 0.25) is 0 Å². The molecule has 3 amide bonds. The second-order valence-electron chi connectivity index (χ2n) is 7.96. The van der Waals surface area contributed by atoms with Gasteiger partial charge in [-0.1, -0.05) is 6.92 Å². The Morgan fingerprint density at radius 3 is 2.81 bits per heavy atom. The van der Waals surface area contributed by atoms with Crippen molar-refractivity contribution in [3.63, 3.8) is 0 Å². The standard InChI is InChI=1S/C18H24N4O3S/c1-10-5-6-11-12(7-10)26-15-14(11)16(24)22(9-19-15)8-13(23)20-17(25)21-18(2,3)4/h9-10H,5-8H2,1-4H3,(H2,20,21,23,25)/t10-/m1/s1. The molecule has 3 rings (SSSR count). The Hall–Kier alpha value is -2.22. The van der Waals surface area contributed by atoms with Crippen LogP contribution in [0.25, 0.3) is 10.2 Å². The lowest BCUT2D eigenvalue weighted by Gasteiger charge is -2.20. The van der Waals surface area contributed by atoms with Crippen LogP contribution in [0.5, 0.6) is 0 Å². The number of nitrogens with zero attached hydrogens (tertiary/aromatic N) is 2. The van der Waals surface area contributed by atoms with Gasteiger partial charge in [-0.3, -0.25) is 19.5 Å². The van der Waals surface area contributed by atoms with E-state index in [9.17, 15) is 14.4 Å². The highest BCUT2D eigenvalue weighted by molar-refractivity contribution is 7.18. The van der Waals surface area contributed by atoms with Crippen LogP contribution in [0.4, 0.5) is 4.79 Å². The molecule has 0 aliphatic heterocycles. The van der Waals surface area contributed by atoms with Crippen molar-refractivity contribution in [2.75, 3.05) is 0 Å². The van der Waals surface area contributed by atoms with E-state index in [1.165, 1.54) is 15.8 Å². The molecule has 1 aliphatic rings. The summed E-state index contributed by atoms with van der Waals surface area (Å²) >= 11 is 1.57. The van der Waals surface area contributed by atoms with Crippen LogP contribution in [-0.4, -0.2) is 27.0 Å². The SMILES string of the molecule is C[C@@H]1CCc2c(sc3ncn(CC(=O)NC(=O)NC(C)(C)C)c(=O)c23)C1. The molecule has 1 aliphatic carbocycles. The Bertz CT molecular complexity index is 923. The number of urea groups is 1. The highest BCUT2D eigenvalue weighted by atomic mass is 32.1. The Kier molecular flexibility index (Phi) is 4.88. The number of fused-ring (bicyclic) bond motifs is 3. The van der Waals surface area contributed by atoms with Gasteiger partial charge in [0, 0.05) is 10.4 Å². The van der Waals surface area contributed by atoms with Gasteiger partial charge in [0.2, 0.25) is 5.91 Å². The van der Waals surface area contributed by atoms with Gasteiger partial charge in [-0.05, 0) is 51.5 Å². The molecule has 2 aromatic heterocycles. The molecule has 0 radical (unpaired) electrons. The van der Waals surface area contributed by atoms with E-state index in [0.717, 1.165) is 29.7 Å². The first kappa shape index (κ1) is 18.6. The van der Waals surface area contributed by atoms with E-state index in [4.69, 9.17) is 0 Å². The zero-order valence-electron chi connectivity index (χ0n) is 15.5. The first-order valence-electron chi connectivity index (χ1n) is 8.75. The molecule has 0 spiro atoms. The van der Waals surface area contributed by atoms with Crippen molar-refractivity contribution in [3.8, 4) is 0 Å². The molecule has 7 nitrogen and oxygen atoms in total. The first-order valence-corrected chi connectivity index (χ1v) is 9.57. The highest BCUT2D eigenvalue weighted by Crippen LogP contribution is 2.35. The van der Waals surface area contributed by atoms with Crippen molar-refractivity contribution in [2.45, 2.75) is 59.0 Å². The molecular weight excluding hydrogens is 352 g/mol. The van der Waals surface area contributed by atoms with Gasteiger partial charge in [-0.25, -0.2) is 9.78 Å². The number of amides is 3. The number of imide groups is 1. The number of aromatic nitrogens is 2. The number of rotatable bonds is 2. The van der Waals surface area contributed by atoms with Crippen LogP contribution < -0.4 is 16.2 Å². The molecule has 8 heteroatoms. The zero-order chi connectivity index (χ0) is 19.1. The van der Waals surface area contributed by atoms with E-state index in [2.05, 4.69) is 22.5 Å². The third-order valence-corrected chi connectivity index (χ3v) is 5.50. The van der Waals surface area contributed by atoms with Crippen LogP contribution in [0, 0.1) is 5.92 Å². The summed E-state index contributed by atoms with van der Waals surface area (Å²) in [5, 5.41) is 5.53. The Balaban J connectivity index is 1.81. The summed E-state index contributed by atoms with van der Waals surface area (Å²) in [5.74, 6) is 0.0672. The van der Waals surface area contributed by atoms with E-state index in [-0.39, 0.29) is 12.1 Å². The molecule has 0 saturated carbocycles. The molecular formula is C18H24N4O3S. The fraction of sp³-hybridized carbons (Fsp3) is 0.556. The van der Waals surface area contributed by atoms with Gasteiger partial charge in [0.05, 0.1) is 11.7 Å². The second-order valence-corrected chi connectivity index (χ2v) is 9.05. The minimum Gasteiger partial charge on any atom is -0.333 e. The Morgan fingerprint density at radius 1 is 1.38 bits per heavy atom. The summed E-state index contributed by atoms with van der Waals surface area (Å²) in [6, 6.07) is -0.577. The third-order valence-electron chi connectivity index (χ3n) is 4.34. The number of hydrogen-bond donors (Lipinski definition) is 2. The van der Waals surface area contributed by atoms with E-state index in [1.54, 1.807) is 11.3 Å². The smallest absolute Gasteiger partial charge is 0.321 e. The summed E-state index contributed by atoms with van der Waals surface area (Å²) in [5.41, 5.74) is 0.420. The first-order chi connectivity index (χ1) is 12.1.